The average molecular weight is 363 g/mol. The molecule has 22 heavy (non-hydrogen) atoms. The minimum atomic E-state index is 0.410. The van der Waals surface area contributed by atoms with Crippen LogP contribution in [0.1, 0.15) is 6.92 Å². The third-order valence-electron chi connectivity index (χ3n) is 4.25. The molecule has 1 fully saturated rings. The second-order valence-corrected chi connectivity index (χ2v) is 7.00. The summed E-state index contributed by atoms with van der Waals surface area (Å²) in [5.41, 5.74) is 2.17. The molecule has 1 atom stereocenters. The highest BCUT2D eigenvalue weighted by molar-refractivity contribution is 9.10. The van der Waals surface area contributed by atoms with E-state index in [4.69, 9.17) is 0 Å². The van der Waals surface area contributed by atoms with Gasteiger partial charge in [0.25, 0.3) is 0 Å². The summed E-state index contributed by atoms with van der Waals surface area (Å²) < 4.78 is 1.04. The van der Waals surface area contributed by atoms with Crippen LogP contribution in [-0.2, 0) is 0 Å². The predicted molar refractivity (Wildman–Crippen MR) is 96.5 cm³/mol. The number of para-hydroxylation sites is 1. The van der Waals surface area contributed by atoms with Gasteiger partial charge in [-0.1, -0.05) is 12.1 Å². The van der Waals surface area contributed by atoms with Crippen molar-refractivity contribution in [2.24, 2.45) is 0 Å². The Morgan fingerprint density at radius 2 is 2.00 bits per heavy atom. The number of rotatable bonds is 4. The number of hydrogen-bond acceptors (Lipinski definition) is 4. The number of likely N-dealkylation sites (N-methyl/N-ethyl adjacent to an activating group) is 1. The lowest BCUT2D eigenvalue weighted by molar-refractivity contribution is 0.151. The van der Waals surface area contributed by atoms with Crippen molar-refractivity contribution in [2.45, 2.75) is 13.0 Å². The van der Waals surface area contributed by atoms with E-state index in [0.717, 1.165) is 48.4 Å². The van der Waals surface area contributed by atoms with Crippen LogP contribution < -0.4 is 5.32 Å². The molecule has 0 radical (unpaired) electrons. The normalized spacial score (nSPS) is 18.5. The van der Waals surface area contributed by atoms with Gasteiger partial charge in [0.1, 0.15) is 0 Å². The zero-order valence-corrected chi connectivity index (χ0v) is 14.8. The quantitative estimate of drug-likeness (QED) is 0.905. The van der Waals surface area contributed by atoms with Crippen LogP contribution in [-0.4, -0.2) is 60.6 Å². The van der Waals surface area contributed by atoms with Crippen molar-refractivity contribution < 1.29 is 0 Å². The fraction of sp³-hybridized carbons (Fsp3) is 0.471. The predicted octanol–water partition coefficient (Wildman–Crippen LogP) is 3.05. The number of hydrogen-bond donors (Lipinski definition) is 1. The number of piperazine rings is 1. The number of anilines is 1. The number of halogens is 1. The molecule has 1 aromatic carbocycles. The Morgan fingerprint density at radius 3 is 2.77 bits per heavy atom. The molecule has 3 rings (SSSR count). The zero-order chi connectivity index (χ0) is 15.5. The molecule has 1 unspecified atom stereocenters. The molecule has 0 saturated carbocycles. The first-order valence-electron chi connectivity index (χ1n) is 7.84. The molecule has 0 amide bonds. The van der Waals surface area contributed by atoms with Gasteiger partial charge < -0.3 is 10.2 Å². The van der Waals surface area contributed by atoms with E-state index in [-0.39, 0.29) is 0 Å². The highest BCUT2D eigenvalue weighted by Gasteiger charge is 2.16. The molecule has 1 N–H and O–H groups in total. The van der Waals surface area contributed by atoms with Gasteiger partial charge in [-0.3, -0.25) is 9.88 Å². The summed E-state index contributed by atoms with van der Waals surface area (Å²) in [5, 5.41) is 4.82. The summed E-state index contributed by atoms with van der Waals surface area (Å²) in [6, 6.07) is 8.69. The molecule has 118 valence electrons. The highest BCUT2D eigenvalue weighted by Crippen LogP contribution is 2.27. The van der Waals surface area contributed by atoms with Crippen molar-refractivity contribution in [3.8, 4) is 0 Å². The number of pyridine rings is 1. The number of nitrogens with one attached hydrogen (secondary N) is 1. The molecule has 0 aliphatic carbocycles. The molecule has 0 spiro atoms. The highest BCUT2D eigenvalue weighted by atomic mass is 79.9. The van der Waals surface area contributed by atoms with Crippen LogP contribution in [0.15, 0.2) is 34.9 Å². The third kappa shape index (κ3) is 3.59. The molecule has 1 saturated heterocycles. The van der Waals surface area contributed by atoms with Crippen LogP contribution >= 0.6 is 15.9 Å². The molecule has 1 aliphatic rings. The van der Waals surface area contributed by atoms with Gasteiger partial charge in [0.2, 0.25) is 0 Å². The van der Waals surface area contributed by atoms with E-state index in [1.54, 1.807) is 0 Å². The SMILES string of the molecule is CC(CN1CCN(C)CC1)Nc1ccnc2c(Br)cccc12. The van der Waals surface area contributed by atoms with E-state index in [1.807, 2.05) is 12.3 Å². The van der Waals surface area contributed by atoms with E-state index in [1.165, 1.54) is 5.39 Å². The molecule has 4 nitrogen and oxygen atoms in total. The maximum atomic E-state index is 4.47. The Balaban J connectivity index is 1.69. The number of aromatic nitrogens is 1. The van der Waals surface area contributed by atoms with Gasteiger partial charge in [0.05, 0.1) is 5.52 Å². The third-order valence-corrected chi connectivity index (χ3v) is 4.89. The summed E-state index contributed by atoms with van der Waals surface area (Å²) in [5.74, 6) is 0. The molecule has 1 aliphatic heterocycles. The topological polar surface area (TPSA) is 31.4 Å². The first-order chi connectivity index (χ1) is 10.6. The van der Waals surface area contributed by atoms with Gasteiger partial charge in [-0.25, -0.2) is 0 Å². The fourth-order valence-electron chi connectivity index (χ4n) is 2.99. The fourth-order valence-corrected chi connectivity index (χ4v) is 3.46. The van der Waals surface area contributed by atoms with E-state index >= 15 is 0 Å². The number of nitrogens with zero attached hydrogens (tertiary/aromatic N) is 3. The van der Waals surface area contributed by atoms with Crippen LogP contribution in [0.4, 0.5) is 5.69 Å². The summed E-state index contributed by atoms with van der Waals surface area (Å²) in [7, 11) is 2.19. The average Bonchev–Trinajstić information content (AvgIpc) is 2.51. The summed E-state index contributed by atoms with van der Waals surface area (Å²) >= 11 is 3.58. The monoisotopic (exact) mass is 362 g/mol. The van der Waals surface area contributed by atoms with Crippen molar-refractivity contribution in [2.75, 3.05) is 45.1 Å². The summed E-state index contributed by atoms with van der Waals surface area (Å²) in [6.45, 7) is 7.97. The van der Waals surface area contributed by atoms with Crippen LogP contribution in [0.2, 0.25) is 0 Å². The minimum Gasteiger partial charge on any atom is -0.381 e. The van der Waals surface area contributed by atoms with Crippen LogP contribution in [0.5, 0.6) is 0 Å². The Kier molecular flexibility index (Phi) is 4.96. The van der Waals surface area contributed by atoms with Gasteiger partial charge in [0.15, 0.2) is 0 Å². The van der Waals surface area contributed by atoms with Crippen molar-refractivity contribution in [1.29, 1.82) is 0 Å². The van der Waals surface area contributed by atoms with Crippen LogP contribution in [0.3, 0.4) is 0 Å². The maximum absolute atomic E-state index is 4.47. The Labute approximate surface area is 140 Å². The van der Waals surface area contributed by atoms with Crippen LogP contribution in [0.25, 0.3) is 10.9 Å². The molecular weight excluding hydrogens is 340 g/mol. The van der Waals surface area contributed by atoms with Crippen molar-refractivity contribution in [3.05, 3.63) is 34.9 Å². The molecule has 2 aromatic rings. The minimum absolute atomic E-state index is 0.410. The van der Waals surface area contributed by atoms with Crippen molar-refractivity contribution in [3.63, 3.8) is 0 Å². The lowest BCUT2D eigenvalue weighted by Crippen LogP contribution is -2.47. The van der Waals surface area contributed by atoms with Crippen LogP contribution in [0, 0.1) is 0 Å². The largest absolute Gasteiger partial charge is 0.381 e. The Hall–Kier alpha value is -1.17. The van der Waals surface area contributed by atoms with E-state index in [2.05, 4.69) is 68.2 Å². The summed E-state index contributed by atoms with van der Waals surface area (Å²) in [4.78, 5) is 9.40. The summed E-state index contributed by atoms with van der Waals surface area (Å²) in [6.07, 6.45) is 1.87. The van der Waals surface area contributed by atoms with Gasteiger partial charge in [-0.05, 0) is 42.0 Å². The lowest BCUT2D eigenvalue weighted by atomic mass is 10.1. The molecule has 0 bridgehead atoms. The van der Waals surface area contributed by atoms with Crippen molar-refractivity contribution >= 4 is 32.5 Å². The second-order valence-electron chi connectivity index (χ2n) is 6.14. The van der Waals surface area contributed by atoms with E-state index in [0.29, 0.717) is 6.04 Å². The molecule has 1 aromatic heterocycles. The first kappa shape index (κ1) is 15.7. The Bertz CT molecular complexity index is 638. The smallest absolute Gasteiger partial charge is 0.0864 e. The molecular formula is C17H23BrN4. The van der Waals surface area contributed by atoms with E-state index < -0.39 is 0 Å². The molecule has 2 heterocycles. The zero-order valence-electron chi connectivity index (χ0n) is 13.2. The number of benzene rings is 1. The lowest BCUT2D eigenvalue weighted by Gasteiger charge is -2.34. The maximum Gasteiger partial charge on any atom is 0.0864 e. The second kappa shape index (κ2) is 6.94. The van der Waals surface area contributed by atoms with Gasteiger partial charge in [0, 0.05) is 60.5 Å². The van der Waals surface area contributed by atoms with Gasteiger partial charge >= 0.3 is 0 Å². The standard InChI is InChI=1S/C17H23BrN4/c1-13(12-22-10-8-21(2)9-11-22)20-16-6-7-19-17-14(16)4-3-5-15(17)18/h3-7,13H,8-12H2,1-2H3,(H,19,20). The van der Waals surface area contributed by atoms with Crippen molar-refractivity contribution in [1.82, 2.24) is 14.8 Å². The Morgan fingerprint density at radius 1 is 1.23 bits per heavy atom. The number of fused-ring (bicyclic) bond motifs is 1. The van der Waals surface area contributed by atoms with E-state index in [9.17, 15) is 0 Å². The van der Waals surface area contributed by atoms with Gasteiger partial charge in [-0.15, -0.1) is 0 Å². The molecule has 5 heteroatoms. The first-order valence-corrected chi connectivity index (χ1v) is 8.63. The van der Waals surface area contributed by atoms with Gasteiger partial charge in [-0.2, -0.15) is 0 Å².